The van der Waals surface area contributed by atoms with E-state index in [0.29, 0.717) is 0 Å². The van der Waals surface area contributed by atoms with Crippen LogP contribution in [-0.2, 0) is 10.8 Å². The van der Waals surface area contributed by atoms with Crippen molar-refractivity contribution in [3.05, 3.63) is 199 Å². The molecule has 0 amide bonds. The predicted octanol–water partition coefficient (Wildman–Crippen LogP) is 16.1. The Morgan fingerprint density at radius 2 is 1.26 bits per heavy atom. The van der Waals surface area contributed by atoms with Crippen LogP contribution < -0.4 is 15.7 Å². The van der Waals surface area contributed by atoms with Crippen LogP contribution >= 0.6 is 11.3 Å². The molecule has 0 fully saturated rings. The molecule has 0 radical (unpaired) electrons. The maximum Gasteiger partial charge on any atom is 0.333 e. The normalized spacial score (nSPS) is 14.3. The van der Waals surface area contributed by atoms with Gasteiger partial charge in [0.2, 0.25) is 0 Å². The third-order valence-electron chi connectivity index (χ3n) is 15.7. The molecule has 5 heterocycles. The molecule has 0 N–H and O–H groups in total. The summed E-state index contributed by atoms with van der Waals surface area (Å²) < 4.78 is 10.7. The standard InChI is InChI=1S/C63H45BN2OS/c1-62(2,3)38-24-26-39(27-25-38)66-53-35-56-47(41-21-13-15-23-55(41)67-56)30-45(53)42-28-29-43-46-31-50-44(40-20-12-14-22-49(40)63(50,4)5)32-52(46)65-54-33-48-57(34-51(54)64(66)59(42)60(43)65)68-61(37-18-10-7-11-19-37)58(48)36-16-8-6-9-17-36/h6-35H,1-5H3. The van der Waals surface area contributed by atoms with Crippen LogP contribution in [0.15, 0.2) is 186 Å². The van der Waals surface area contributed by atoms with Crippen molar-refractivity contribution in [2.24, 2.45) is 0 Å². The molecular weight excluding hydrogens is 844 g/mol. The number of anilines is 2. The van der Waals surface area contributed by atoms with Gasteiger partial charge in [-0.05, 0) is 109 Å². The van der Waals surface area contributed by atoms with E-state index in [1.54, 1.807) is 0 Å². The highest BCUT2D eigenvalue weighted by atomic mass is 32.1. The monoisotopic (exact) mass is 888 g/mol. The van der Waals surface area contributed by atoms with Crippen molar-refractivity contribution in [3.8, 4) is 49.5 Å². The molecular formula is C63H45BN2OS. The third-order valence-corrected chi connectivity index (χ3v) is 16.9. The number of benzene rings is 9. The number of fused-ring (bicyclic) bond motifs is 15. The Morgan fingerprint density at radius 1 is 0.529 bits per heavy atom. The van der Waals surface area contributed by atoms with E-state index in [1.165, 1.54) is 109 Å². The summed E-state index contributed by atoms with van der Waals surface area (Å²) in [7, 11) is 0. The quantitative estimate of drug-likeness (QED) is 0.165. The molecule has 0 spiro atoms. The largest absolute Gasteiger partial charge is 0.456 e. The molecule has 3 aromatic heterocycles. The first-order chi connectivity index (χ1) is 33.1. The van der Waals surface area contributed by atoms with Gasteiger partial charge in [-0.3, -0.25) is 0 Å². The molecule has 0 atom stereocenters. The molecule has 3 nitrogen and oxygen atoms in total. The first kappa shape index (κ1) is 38.5. The van der Waals surface area contributed by atoms with Gasteiger partial charge in [0.05, 0.1) is 11.0 Å². The van der Waals surface area contributed by atoms with Crippen LogP contribution in [0.25, 0.3) is 103 Å². The summed E-state index contributed by atoms with van der Waals surface area (Å²) in [5.41, 5.74) is 23.5. The molecule has 12 aromatic rings. The highest BCUT2D eigenvalue weighted by molar-refractivity contribution is 7.23. The summed E-state index contributed by atoms with van der Waals surface area (Å²) in [5, 5.41) is 6.16. The van der Waals surface area contributed by atoms with Crippen LogP contribution in [0.1, 0.15) is 51.3 Å². The molecule has 2 aliphatic heterocycles. The van der Waals surface area contributed by atoms with E-state index in [-0.39, 0.29) is 17.7 Å². The van der Waals surface area contributed by atoms with Gasteiger partial charge in [0.15, 0.2) is 0 Å². The van der Waals surface area contributed by atoms with Crippen molar-refractivity contribution in [1.82, 2.24) is 4.57 Å². The molecule has 0 unspecified atom stereocenters. The highest BCUT2D eigenvalue weighted by Crippen LogP contribution is 2.54. The van der Waals surface area contributed by atoms with Crippen molar-refractivity contribution >= 4 is 94.3 Å². The Bertz CT molecular complexity index is 4150. The van der Waals surface area contributed by atoms with Crippen LogP contribution in [0.5, 0.6) is 0 Å². The Morgan fingerprint density at radius 3 is 2.06 bits per heavy atom. The fourth-order valence-corrected chi connectivity index (χ4v) is 13.7. The van der Waals surface area contributed by atoms with E-state index in [4.69, 9.17) is 4.42 Å². The van der Waals surface area contributed by atoms with Crippen LogP contribution in [0.2, 0.25) is 0 Å². The number of furan rings is 1. The van der Waals surface area contributed by atoms with Crippen molar-refractivity contribution in [2.75, 3.05) is 4.81 Å². The van der Waals surface area contributed by atoms with Crippen molar-refractivity contribution < 1.29 is 4.42 Å². The van der Waals surface area contributed by atoms with E-state index < -0.39 is 0 Å². The zero-order valence-corrected chi connectivity index (χ0v) is 39.4. The number of nitrogens with zero attached hydrogens (tertiary/aromatic N) is 2. The fourth-order valence-electron chi connectivity index (χ4n) is 12.5. The highest BCUT2D eigenvalue weighted by Gasteiger charge is 2.45. The van der Waals surface area contributed by atoms with Gasteiger partial charge in [0.1, 0.15) is 11.2 Å². The minimum Gasteiger partial charge on any atom is -0.456 e. The second-order valence-corrected chi connectivity index (χ2v) is 21.9. The number of aromatic nitrogens is 1. The van der Waals surface area contributed by atoms with Crippen LogP contribution in [0.4, 0.5) is 11.4 Å². The van der Waals surface area contributed by atoms with E-state index in [9.17, 15) is 0 Å². The van der Waals surface area contributed by atoms with Crippen LogP contribution in [-0.4, -0.2) is 11.4 Å². The van der Waals surface area contributed by atoms with Gasteiger partial charge in [-0.1, -0.05) is 162 Å². The van der Waals surface area contributed by atoms with E-state index in [1.807, 2.05) is 11.3 Å². The summed E-state index contributed by atoms with van der Waals surface area (Å²) in [6, 6.07) is 68.7. The summed E-state index contributed by atoms with van der Waals surface area (Å²) in [6.07, 6.45) is 0. The molecule has 0 saturated heterocycles. The lowest BCUT2D eigenvalue weighted by Crippen LogP contribution is -2.60. The zero-order valence-electron chi connectivity index (χ0n) is 38.6. The number of hydrogen-bond acceptors (Lipinski definition) is 3. The number of rotatable bonds is 3. The van der Waals surface area contributed by atoms with Crippen molar-refractivity contribution in [2.45, 2.75) is 45.4 Å². The van der Waals surface area contributed by atoms with Crippen molar-refractivity contribution in [1.29, 1.82) is 0 Å². The zero-order chi connectivity index (χ0) is 45.4. The van der Waals surface area contributed by atoms with Crippen molar-refractivity contribution in [3.63, 3.8) is 0 Å². The summed E-state index contributed by atoms with van der Waals surface area (Å²) in [5.74, 6) is 0. The van der Waals surface area contributed by atoms with Gasteiger partial charge in [-0.2, -0.15) is 0 Å². The smallest absolute Gasteiger partial charge is 0.333 e. The van der Waals surface area contributed by atoms with Gasteiger partial charge in [-0.25, -0.2) is 0 Å². The second kappa shape index (κ2) is 13.3. The summed E-state index contributed by atoms with van der Waals surface area (Å²) in [6.45, 7) is 11.6. The maximum absolute atomic E-state index is 6.72. The fraction of sp³-hybridized carbons (Fsp3) is 0.111. The Hall–Kier alpha value is -7.60. The van der Waals surface area contributed by atoms with E-state index >= 15 is 0 Å². The van der Waals surface area contributed by atoms with Gasteiger partial charge in [0.25, 0.3) is 0 Å². The average Bonchev–Trinajstić information content (AvgIpc) is 4.08. The van der Waals surface area contributed by atoms with Gasteiger partial charge in [-0.15, -0.1) is 11.3 Å². The Kier molecular flexibility index (Phi) is 7.53. The number of thiophene rings is 1. The lowest BCUT2D eigenvalue weighted by molar-refractivity contribution is 0.590. The number of para-hydroxylation sites is 1. The Balaban J connectivity index is 1.11. The van der Waals surface area contributed by atoms with E-state index in [0.717, 1.165) is 33.3 Å². The third kappa shape index (κ3) is 5.04. The second-order valence-electron chi connectivity index (χ2n) is 20.8. The van der Waals surface area contributed by atoms with E-state index in [2.05, 4.69) is 226 Å². The molecule has 0 saturated carbocycles. The first-order valence-electron chi connectivity index (χ1n) is 23.9. The first-order valence-corrected chi connectivity index (χ1v) is 24.8. The Labute approximate surface area is 399 Å². The molecule has 68 heavy (non-hydrogen) atoms. The summed E-state index contributed by atoms with van der Waals surface area (Å²) in [4.78, 5) is 3.94. The topological polar surface area (TPSA) is 21.3 Å². The van der Waals surface area contributed by atoms with Gasteiger partial charge >= 0.3 is 6.85 Å². The minimum absolute atomic E-state index is 0.0168. The van der Waals surface area contributed by atoms with Gasteiger partial charge < -0.3 is 13.8 Å². The summed E-state index contributed by atoms with van der Waals surface area (Å²) >= 11 is 1.92. The molecule has 322 valence electrons. The lowest BCUT2D eigenvalue weighted by Gasteiger charge is -2.42. The maximum atomic E-state index is 6.72. The number of hydrogen-bond donors (Lipinski definition) is 0. The molecule has 1 aliphatic carbocycles. The molecule has 5 heteroatoms. The predicted molar refractivity (Wildman–Crippen MR) is 290 cm³/mol. The van der Waals surface area contributed by atoms with Gasteiger partial charge in [0, 0.05) is 76.2 Å². The molecule has 0 bridgehead atoms. The molecule has 15 rings (SSSR count). The van der Waals surface area contributed by atoms with Crippen LogP contribution in [0.3, 0.4) is 0 Å². The minimum atomic E-state index is -0.133. The lowest BCUT2D eigenvalue weighted by atomic mass is 9.44. The molecule has 3 aliphatic rings. The average molecular weight is 889 g/mol. The molecule has 9 aromatic carbocycles. The SMILES string of the molecule is CC(C)(C)c1ccc(N2B3c4cc5sc(-c6ccccc6)c(-c6ccccc6)c5cc4-n4c5cc6c(cc5c5ccc(c3c54)-c3cc4c(cc32)oc2ccccc24)C(C)(C)c2ccccc2-6)cc1. The van der Waals surface area contributed by atoms with Crippen LogP contribution in [0, 0.1) is 0 Å².